The molecule has 3 N–H and O–H groups in total. The zero-order valence-electron chi connectivity index (χ0n) is 35.7. The number of hydrogen-bond donors (Lipinski definition) is 3. The van der Waals surface area contributed by atoms with Crippen LogP contribution in [0.25, 0.3) is 21.5 Å². The second-order valence-electron chi connectivity index (χ2n) is 16.7. The predicted molar refractivity (Wildman–Crippen MR) is 265 cm³/mol. The first-order chi connectivity index (χ1) is 27.9. The summed E-state index contributed by atoms with van der Waals surface area (Å²) in [5.41, 5.74) is 5.35. The fourth-order valence-electron chi connectivity index (χ4n) is 8.36. The third kappa shape index (κ3) is 12.5. The monoisotopic (exact) mass is 880 g/mol. The van der Waals surface area contributed by atoms with Crippen molar-refractivity contribution in [3.63, 3.8) is 0 Å². The molecule has 0 saturated carbocycles. The number of carbonyl (C=O) groups excluding carboxylic acids is 1. The van der Waals surface area contributed by atoms with E-state index in [1.165, 1.54) is 32.7 Å². The minimum Gasteiger partial charge on any atom is -0.478 e. The van der Waals surface area contributed by atoms with Gasteiger partial charge >= 0.3 is 11.9 Å². The highest BCUT2D eigenvalue weighted by Crippen LogP contribution is 2.29. The molecule has 0 aliphatic carbocycles. The van der Waals surface area contributed by atoms with Crippen molar-refractivity contribution in [3.8, 4) is 0 Å². The minimum absolute atomic E-state index is 0. The van der Waals surface area contributed by atoms with E-state index in [1.807, 2.05) is 57.2 Å². The summed E-state index contributed by atoms with van der Waals surface area (Å²) < 4.78 is 5.46. The molecule has 8 nitrogen and oxygen atoms in total. The van der Waals surface area contributed by atoms with Crippen LogP contribution in [0.1, 0.15) is 91.4 Å². The molecule has 6 aromatic carbocycles. The van der Waals surface area contributed by atoms with Crippen molar-refractivity contribution in [2.45, 2.75) is 77.2 Å². The second-order valence-corrected chi connectivity index (χ2v) is 16.7. The highest BCUT2D eigenvalue weighted by Gasteiger charge is 2.27. The summed E-state index contributed by atoms with van der Waals surface area (Å²) in [7, 11) is 0. The van der Waals surface area contributed by atoms with Crippen molar-refractivity contribution in [2.75, 3.05) is 36.0 Å². The van der Waals surface area contributed by atoms with E-state index < -0.39 is 11.6 Å². The van der Waals surface area contributed by atoms with Gasteiger partial charge < -0.3 is 30.3 Å². The van der Waals surface area contributed by atoms with Crippen LogP contribution in [0.15, 0.2) is 133 Å². The molecule has 2 fully saturated rings. The van der Waals surface area contributed by atoms with E-state index in [9.17, 15) is 9.59 Å². The maximum Gasteiger partial charge on any atom is 0.338 e. The van der Waals surface area contributed by atoms with Crippen molar-refractivity contribution in [3.05, 3.63) is 156 Å². The van der Waals surface area contributed by atoms with Crippen LogP contribution in [-0.2, 0) is 4.74 Å². The lowest BCUT2D eigenvalue weighted by Crippen LogP contribution is -2.34. The summed E-state index contributed by atoms with van der Waals surface area (Å²) in [6.45, 7) is 14.0. The smallest absolute Gasteiger partial charge is 0.338 e. The van der Waals surface area contributed by atoms with Gasteiger partial charge in [-0.05, 0) is 129 Å². The van der Waals surface area contributed by atoms with Gasteiger partial charge in [0.05, 0.1) is 11.1 Å². The number of nitrogens with zero attached hydrogens (tertiary/aromatic N) is 2. The molecule has 4 atom stereocenters. The van der Waals surface area contributed by atoms with Crippen molar-refractivity contribution in [1.29, 1.82) is 0 Å². The Labute approximate surface area is 381 Å². The Bertz CT molecular complexity index is 2350. The summed E-state index contributed by atoms with van der Waals surface area (Å²) in [6, 6.07) is 46.5. The van der Waals surface area contributed by atoms with Crippen molar-refractivity contribution in [1.82, 2.24) is 10.6 Å². The lowest BCUT2D eigenvalue weighted by molar-refractivity contribution is 0.00692. The molecular weight excluding hydrogens is 820 g/mol. The molecular formula is C50H61ClN4O4S2. The molecule has 61 heavy (non-hydrogen) atoms. The van der Waals surface area contributed by atoms with Gasteiger partial charge in [-0.2, -0.15) is 27.0 Å². The molecule has 2 saturated heterocycles. The number of hydrogen-bond acceptors (Lipinski definition) is 7. The molecule has 2 aliphatic heterocycles. The molecule has 6 aromatic rings. The first kappa shape index (κ1) is 49.0. The first-order valence-corrected chi connectivity index (χ1v) is 20.6. The molecule has 0 amide bonds. The third-order valence-electron chi connectivity index (χ3n) is 11.3. The molecule has 0 spiro atoms. The van der Waals surface area contributed by atoms with Gasteiger partial charge in [0.25, 0.3) is 0 Å². The van der Waals surface area contributed by atoms with Crippen LogP contribution < -0.4 is 20.4 Å². The predicted octanol–water partition coefficient (Wildman–Crippen LogP) is 10.8. The number of esters is 1. The summed E-state index contributed by atoms with van der Waals surface area (Å²) >= 11 is 0. The van der Waals surface area contributed by atoms with E-state index >= 15 is 0 Å². The summed E-state index contributed by atoms with van der Waals surface area (Å²) in [6.07, 6.45) is 2.18. The lowest BCUT2D eigenvalue weighted by Gasteiger charge is -2.23. The zero-order chi connectivity index (χ0) is 40.8. The van der Waals surface area contributed by atoms with Crippen LogP contribution in [0.4, 0.5) is 11.4 Å². The van der Waals surface area contributed by atoms with Crippen LogP contribution in [-0.4, -0.2) is 60.9 Å². The number of rotatable bonds is 10. The quantitative estimate of drug-likeness (QED) is 0.117. The number of ether oxygens (including phenoxy) is 1. The van der Waals surface area contributed by atoms with Crippen LogP contribution in [0, 0.1) is 0 Å². The average molecular weight is 882 g/mol. The van der Waals surface area contributed by atoms with Crippen LogP contribution in [0.5, 0.6) is 0 Å². The molecule has 0 unspecified atom stereocenters. The molecule has 324 valence electrons. The fourth-order valence-corrected chi connectivity index (χ4v) is 8.36. The standard InChI is InChI=1S/C27H32N2O2.C23H24N2O2.ClH.2H2S/c1-19(24-11-7-9-20-8-5-6-10-25(20)24)28-22-16-17-29(18-22)23-14-12-21(13-15-23)26(30)31-27(2,3)4;1-16(21-8-4-6-17-5-2-3-7-22(17)21)24-19-13-14-25(15-19)20-11-9-18(10-12-20)23(26)27;;;/h5-15,19,22,28H,16-18H2,1-4H3;2-12,16,19,24H,13-15H2,1H3,(H,26,27);1H;2*1H2/t19-,22+;16-,19+;;;/m11.../s1. The van der Waals surface area contributed by atoms with Gasteiger partial charge in [0.15, 0.2) is 0 Å². The summed E-state index contributed by atoms with van der Waals surface area (Å²) in [4.78, 5) is 28.0. The van der Waals surface area contributed by atoms with E-state index in [2.05, 4.69) is 119 Å². The Morgan fingerprint density at radius 2 is 1.00 bits per heavy atom. The number of aromatic carboxylic acids is 1. The fraction of sp³-hybridized carbons (Fsp3) is 0.320. The highest BCUT2D eigenvalue weighted by molar-refractivity contribution is 7.59. The molecule has 0 bridgehead atoms. The van der Waals surface area contributed by atoms with Crippen molar-refractivity contribution < 1.29 is 19.4 Å². The van der Waals surface area contributed by atoms with E-state index in [4.69, 9.17) is 9.84 Å². The highest BCUT2D eigenvalue weighted by atomic mass is 35.5. The van der Waals surface area contributed by atoms with Crippen LogP contribution in [0.2, 0.25) is 0 Å². The summed E-state index contributed by atoms with van der Waals surface area (Å²) in [5.74, 6) is -1.16. The van der Waals surface area contributed by atoms with Gasteiger partial charge in [0.1, 0.15) is 5.60 Å². The van der Waals surface area contributed by atoms with E-state index in [0.717, 1.165) is 50.4 Å². The Hall–Kier alpha value is -4.71. The van der Waals surface area contributed by atoms with Gasteiger partial charge in [-0.3, -0.25) is 0 Å². The molecule has 0 radical (unpaired) electrons. The van der Waals surface area contributed by atoms with E-state index in [0.29, 0.717) is 23.2 Å². The Kier molecular flexibility index (Phi) is 17.6. The van der Waals surface area contributed by atoms with Gasteiger partial charge in [-0.15, -0.1) is 12.4 Å². The zero-order valence-corrected chi connectivity index (χ0v) is 38.5. The number of nitrogens with one attached hydrogen (secondary N) is 2. The molecule has 11 heteroatoms. The maximum absolute atomic E-state index is 12.2. The van der Waals surface area contributed by atoms with Gasteiger partial charge in [0.2, 0.25) is 0 Å². The minimum atomic E-state index is -0.883. The number of fused-ring (bicyclic) bond motifs is 2. The summed E-state index contributed by atoms with van der Waals surface area (Å²) in [5, 5.41) is 21.8. The number of carboxylic acids is 1. The number of anilines is 2. The molecule has 2 aliphatic rings. The van der Waals surface area contributed by atoms with E-state index in [1.54, 1.807) is 12.1 Å². The normalized spacial score (nSPS) is 16.9. The number of benzene rings is 6. The molecule has 2 heterocycles. The second kappa shape index (κ2) is 21.9. The Morgan fingerprint density at radius 3 is 1.41 bits per heavy atom. The van der Waals surface area contributed by atoms with Crippen LogP contribution in [0.3, 0.4) is 0 Å². The SMILES string of the molecule is C[C@@H](N[C@H]1CCN(c2ccc(C(=O)O)cc2)C1)c1cccc2ccccc12.C[C@@H](N[C@H]1CCN(c2ccc(C(=O)OC(C)(C)C)cc2)C1)c1cccc2ccccc12.Cl.S.S. The van der Waals surface area contributed by atoms with Gasteiger partial charge in [0, 0.05) is 61.7 Å². The number of carboxylic acid groups (broad SMARTS) is 1. The average Bonchev–Trinajstić information content (AvgIpc) is 3.90. The van der Waals surface area contributed by atoms with Gasteiger partial charge in [-0.1, -0.05) is 84.9 Å². The number of halogens is 1. The molecule has 8 rings (SSSR count). The van der Waals surface area contributed by atoms with Crippen molar-refractivity contribution >= 4 is 84.3 Å². The van der Waals surface area contributed by atoms with E-state index in [-0.39, 0.29) is 57.5 Å². The maximum atomic E-state index is 12.2. The lowest BCUT2D eigenvalue weighted by atomic mass is 9.99. The van der Waals surface area contributed by atoms with Gasteiger partial charge in [-0.25, -0.2) is 9.59 Å². The largest absolute Gasteiger partial charge is 0.478 e. The van der Waals surface area contributed by atoms with Crippen molar-refractivity contribution in [2.24, 2.45) is 0 Å². The third-order valence-corrected chi connectivity index (χ3v) is 11.3. The Morgan fingerprint density at radius 1 is 0.607 bits per heavy atom. The topological polar surface area (TPSA) is 94.1 Å². The Balaban J connectivity index is 0.000000258. The van der Waals surface area contributed by atoms with Crippen LogP contribution >= 0.6 is 39.4 Å². The first-order valence-electron chi connectivity index (χ1n) is 20.6. The number of carbonyl (C=O) groups is 2. The molecule has 0 aromatic heterocycles.